The maximum atomic E-state index is 12.9. The molecule has 1 atom stereocenters. The number of esters is 3. The van der Waals surface area contributed by atoms with Gasteiger partial charge in [0.1, 0.15) is 12.6 Å². The molecular formula is C22H27NO9. The minimum Gasteiger partial charge on any atom is -0.466 e. The van der Waals surface area contributed by atoms with Crippen molar-refractivity contribution in [1.29, 1.82) is 0 Å². The van der Waals surface area contributed by atoms with Crippen molar-refractivity contribution in [2.75, 3.05) is 6.61 Å². The van der Waals surface area contributed by atoms with Gasteiger partial charge in [-0.2, -0.15) is 0 Å². The molecular weight excluding hydrogens is 422 g/mol. The second kappa shape index (κ2) is 11.3. The molecule has 0 bridgehead atoms. The lowest BCUT2D eigenvalue weighted by Gasteiger charge is -2.33. The third-order valence-corrected chi connectivity index (χ3v) is 4.43. The number of carbonyl (C=O) groups excluding carboxylic acids is 5. The van der Waals surface area contributed by atoms with Crippen molar-refractivity contribution in [3.8, 4) is 0 Å². The summed E-state index contributed by atoms with van der Waals surface area (Å²) in [6.07, 6.45) is -0.196. The Labute approximate surface area is 185 Å². The van der Waals surface area contributed by atoms with E-state index in [4.69, 9.17) is 18.9 Å². The van der Waals surface area contributed by atoms with Crippen LogP contribution in [0.4, 0.5) is 4.79 Å². The number of nitrogens with one attached hydrogen (secondary N) is 1. The topological polar surface area (TPSA) is 134 Å². The van der Waals surface area contributed by atoms with Crippen LogP contribution in [0.2, 0.25) is 0 Å². The summed E-state index contributed by atoms with van der Waals surface area (Å²) in [5.74, 6) is -7.55. The highest BCUT2D eigenvalue weighted by Crippen LogP contribution is 2.25. The van der Waals surface area contributed by atoms with E-state index in [1.165, 1.54) is 13.8 Å². The Bertz CT molecular complexity index is 830. The van der Waals surface area contributed by atoms with Gasteiger partial charge in [-0.25, -0.2) is 4.79 Å². The van der Waals surface area contributed by atoms with E-state index in [1.54, 1.807) is 30.3 Å². The minimum atomic E-state index is -1.94. The summed E-state index contributed by atoms with van der Waals surface area (Å²) >= 11 is 0. The maximum absolute atomic E-state index is 12.9. The molecule has 2 rings (SSSR count). The van der Waals surface area contributed by atoms with Crippen LogP contribution >= 0.6 is 0 Å². The molecule has 1 aliphatic heterocycles. The van der Waals surface area contributed by atoms with Gasteiger partial charge in [-0.3, -0.25) is 19.2 Å². The number of benzene rings is 1. The molecule has 1 heterocycles. The van der Waals surface area contributed by atoms with Crippen LogP contribution in [0.3, 0.4) is 0 Å². The van der Waals surface area contributed by atoms with Crippen molar-refractivity contribution >= 4 is 29.8 Å². The van der Waals surface area contributed by atoms with Crippen molar-refractivity contribution in [3.05, 3.63) is 35.9 Å². The number of Topliss-reactive ketones (excluding diaryl/α,β-unsaturated/α-hetero) is 1. The minimum absolute atomic E-state index is 0.0871. The van der Waals surface area contributed by atoms with Crippen LogP contribution in [-0.4, -0.2) is 48.2 Å². The molecule has 0 radical (unpaired) electrons. The summed E-state index contributed by atoms with van der Waals surface area (Å²) in [6.45, 7) is 4.63. The molecule has 10 heteroatoms. The first-order chi connectivity index (χ1) is 15.1. The first-order valence-corrected chi connectivity index (χ1v) is 10.2. The van der Waals surface area contributed by atoms with E-state index in [0.717, 1.165) is 6.42 Å². The molecule has 1 aromatic carbocycles. The quantitative estimate of drug-likeness (QED) is 0.246. The molecule has 1 fully saturated rings. The summed E-state index contributed by atoms with van der Waals surface area (Å²) < 4.78 is 20.0. The Balaban J connectivity index is 2.09. The number of carbonyl (C=O) groups is 5. The van der Waals surface area contributed by atoms with Gasteiger partial charge in [0.25, 0.3) is 5.79 Å². The predicted molar refractivity (Wildman–Crippen MR) is 109 cm³/mol. The van der Waals surface area contributed by atoms with E-state index in [2.05, 4.69) is 5.32 Å². The number of hydrogen-bond acceptors (Lipinski definition) is 9. The average Bonchev–Trinajstić information content (AvgIpc) is 2.71. The highest BCUT2D eigenvalue weighted by Gasteiger charge is 2.49. The van der Waals surface area contributed by atoms with Gasteiger partial charge >= 0.3 is 24.0 Å². The number of rotatable bonds is 10. The van der Waals surface area contributed by atoms with E-state index in [9.17, 15) is 24.0 Å². The molecule has 1 amide bonds. The second-order valence-electron chi connectivity index (χ2n) is 7.61. The Hall–Kier alpha value is -3.43. The van der Waals surface area contributed by atoms with E-state index in [0.29, 0.717) is 12.0 Å². The second-order valence-corrected chi connectivity index (χ2v) is 7.61. The first kappa shape index (κ1) is 24.8. The Kier molecular flexibility index (Phi) is 8.74. The standard InChI is InChI=1S/C22H27NO9/c1-4-5-11-29-16(24)12-15(23-21(28)30-13-14-9-7-6-8-10-14)18(25)17-19(26)31-22(2,3)32-20(17)27/h6-10,15,17H,4-5,11-13H2,1-3H3,(H,23,28)/t15-/m1/s1. The van der Waals surface area contributed by atoms with Crippen LogP contribution in [0.5, 0.6) is 0 Å². The molecule has 1 N–H and O–H groups in total. The molecule has 1 saturated heterocycles. The number of hydrogen-bond donors (Lipinski definition) is 1. The van der Waals surface area contributed by atoms with Gasteiger partial charge in [0.05, 0.1) is 13.0 Å². The van der Waals surface area contributed by atoms with Gasteiger partial charge < -0.3 is 24.3 Å². The van der Waals surface area contributed by atoms with Crippen molar-refractivity contribution in [3.63, 3.8) is 0 Å². The van der Waals surface area contributed by atoms with Gasteiger partial charge in [0.2, 0.25) is 5.92 Å². The Morgan fingerprint density at radius 2 is 1.69 bits per heavy atom. The Morgan fingerprint density at radius 1 is 1.06 bits per heavy atom. The summed E-state index contributed by atoms with van der Waals surface area (Å²) in [5.41, 5.74) is 0.700. The molecule has 1 aromatic rings. The van der Waals surface area contributed by atoms with Gasteiger partial charge in [-0.05, 0) is 12.0 Å². The van der Waals surface area contributed by atoms with Gasteiger partial charge in [0.15, 0.2) is 5.78 Å². The van der Waals surface area contributed by atoms with Crippen molar-refractivity contribution in [1.82, 2.24) is 5.32 Å². The molecule has 32 heavy (non-hydrogen) atoms. The van der Waals surface area contributed by atoms with Crippen LogP contribution in [0.25, 0.3) is 0 Å². The lowest BCUT2D eigenvalue weighted by Crippen LogP contribution is -2.54. The van der Waals surface area contributed by atoms with E-state index >= 15 is 0 Å². The smallest absolute Gasteiger partial charge is 0.408 e. The van der Waals surface area contributed by atoms with Crippen LogP contribution in [0.15, 0.2) is 30.3 Å². The molecule has 0 saturated carbocycles. The lowest BCUT2D eigenvalue weighted by molar-refractivity contribution is -0.238. The molecule has 174 valence electrons. The zero-order chi connectivity index (χ0) is 23.7. The number of cyclic esters (lactones) is 2. The zero-order valence-electron chi connectivity index (χ0n) is 18.3. The number of unbranched alkanes of at least 4 members (excludes halogenated alkanes) is 1. The van der Waals surface area contributed by atoms with Crippen molar-refractivity contribution in [2.45, 2.75) is 58.5 Å². The van der Waals surface area contributed by atoms with Crippen LogP contribution in [0, 0.1) is 5.92 Å². The normalized spacial score (nSPS) is 16.3. The maximum Gasteiger partial charge on any atom is 0.408 e. The number of amides is 1. The molecule has 1 aliphatic rings. The Morgan fingerprint density at radius 3 is 2.28 bits per heavy atom. The van der Waals surface area contributed by atoms with Gasteiger partial charge in [-0.15, -0.1) is 0 Å². The number of ether oxygens (including phenoxy) is 4. The molecule has 0 aliphatic carbocycles. The summed E-state index contributed by atoms with van der Waals surface area (Å²) in [4.78, 5) is 61.8. The fourth-order valence-corrected chi connectivity index (χ4v) is 2.84. The average molecular weight is 449 g/mol. The van der Waals surface area contributed by atoms with E-state index in [1.807, 2.05) is 6.92 Å². The monoisotopic (exact) mass is 449 g/mol. The molecule has 0 spiro atoms. The summed E-state index contributed by atoms with van der Waals surface area (Å²) in [7, 11) is 0. The summed E-state index contributed by atoms with van der Waals surface area (Å²) in [5, 5.41) is 2.24. The fraction of sp³-hybridized carbons (Fsp3) is 0.500. The third-order valence-electron chi connectivity index (χ3n) is 4.43. The van der Waals surface area contributed by atoms with Crippen LogP contribution in [0.1, 0.15) is 45.6 Å². The third kappa shape index (κ3) is 7.36. The van der Waals surface area contributed by atoms with Crippen molar-refractivity contribution in [2.24, 2.45) is 5.92 Å². The van der Waals surface area contributed by atoms with Crippen LogP contribution in [-0.2, 0) is 44.7 Å². The fourth-order valence-electron chi connectivity index (χ4n) is 2.84. The number of alkyl carbamates (subject to hydrolysis) is 1. The molecule has 0 unspecified atom stereocenters. The lowest BCUT2D eigenvalue weighted by atomic mass is 9.95. The van der Waals surface area contributed by atoms with E-state index in [-0.39, 0.29) is 13.2 Å². The van der Waals surface area contributed by atoms with Crippen LogP contribution < -0.4 is 5.32 Å². The number of ketones is 1. The molecule has 0 aromatic heterocycles. The predicted octanol–water partition coefficient (Wildman–Crippen LogP) is 2.04. The highest BCUT2D eigenvalue weighted by molar-refractivity contribution is 6.18. The zero-order valence-corrected chi connectivity index (χ0v) is 18.3. The van der Waals surface area contributed by atoms with Crippen molar-refractivity contribution < 1.29 is 42.9 Å². The SMILES string of the molecule is CCCCOC(=O)C[C@@H](NC(=O)OCc1ccccc1)C(=O)C1C(=O)OC(C)(C)OC1=O. The molecule has 10 nitrogen and oxygen atoms in total. The van der Waals surface area contributed by atoms with Gasteiger partial charge in [-0.1, -0.05) is 43.7 Å². The largest absolute Gasteiger partial charge is 0.466 e. The van der Waals surface area contributed by atoms with Gasteiger partial charge in [0, 0.05) is 13.8 Å². The highest BCUT2D eigenvalue weighted by atomic mass is 16.7. The summed E-state index contributed by atoms with van der Waals surface area (Å²) in [6, 6.07) is 7.23. The van der Waals surface area contributed by atoms with E-state index < -0.39 is 54.0 Å². The first-order valence-electron chi connectivity index (χ1n) is 10.2.